The van der Waals surface area contributed by atoms with Crippen molar-refractivity contribution in [3.63, 3.8) is 0 Å². The topological polar surface area (TPSA) is 34.0 Å². The summed E-state index contributed by atoms with van der Waals surface area (Å²) in [5.74, 6) is 0. The zero-order chi connectivity index (χ0) is 9.52. The highest BCUT2D eigenvalue weighted by Crippen LogP contribution is 1.96. The van der Waals surface area contributed by atoms with E-state index >= 15 is 0 Å². The highest BCUT2D eigenvalue weighted by molar-refractivity contribution is 4.61. The van der Waals surface area contributed by atoms with Crippen LogP contribution in [0.2, 0.25) is 0 Å². The molecule has 4 heteroatoms. The van der Waals surface area contributed by atoms with Crippen LogP contribution < -0.4 is 0 Å². The maximum Gasteiger partial charge on any atom is 0.120 e. The monoisotopic (exact) mass is 182 g/mol. The summed E-state index contributed by atoms with van der Waals surface area (Å²) in [4.78, 5) is 2.41. The molecule has 0 aliphatic rings. The molecule has 0 N–H and O–H groups in total. The maximum atomic E-state index is 3.78. The number of hydrogen-bond donors (Lipinski definition) is 0. The molecule has 13 heavy (non-hydrogen) atoms. The second-order valence-electron chi connectivity index (χ2n) is 3.24. The van der Waals surface area contributed by atoms with Gasteiger partial charge in [-0.05, 0) is 25.9 Å². The van der Waals surface area contributed by atoms with E-state index in [0.717, 1.165) is 19.8 Å². The predicted molar refractivity (Wildman–Crippen MR) is 52.2 cm³/mol. The highest BCUT2D eigenvalue weighted by Gasteiger charge is 2.02. The Morgan fingerprint density at radius 1 is 1.08 bits per heavy atom. The van der Waals surface area contributed by atoms with Crippen LogP contribution >= 0.6 is 0 Å². The molecule has 0 bridgehead atoms. The predicted octanol–water partition coefficient (Wildman–Crippen LogP) is 1.36. The average molecular weight is 182 g/mol. The molecule has 1 heterocycles. The Balaban J connectivity index is 2.37. The van der Waals surface area contributed by atoms with Crippen LogP contribution in [0.25, 0.3) is 0 Å². The standard InChI is InChI=1S/C9H18N4/c1-3-5-12(6-4-2)9-13-7-10-11-8-13/h7-8H,3-6,9H2,1-2H3. The van der Waals surface area contributed by atoms with Crippen molar-refractivity contribution >= 4 is 0 Å². The van der Waals surface area contributed by atoms with Crippen molar-refractivity contribution < 1.29 is 0 Å². The third kappa shape index (κ3) is 3.55. The molecule has 0 unspecified atom stereocenters. The van der Waals surface area contributed by atoms with E-state index in [1.54, 1.807) is 12.7 Å². The van der Waals surface area contributed by atoms with E-state index in [9.17, 15) is 0 Å². The normalized spacial score (nSPS) is 11.0. The van der Waals surface area contributed by atoms with Crippen LogP contribution in [0.3, 0.4) is 0 Å². The highest BCUT2D eigenvalue weighted by atomic mass is 15.3. The molecule has 0 saturated heterocycles. The lowest BCUT2D eigenvalue weighted by atomic mass is 10.4. The average Bonchev–Trinajstić information content (AvgIpc) is 2.58. The first-order valence-electron chi connectivity index (χ1n) is 4.91. The molecule has 4 nitrogen and oxygen atoms in total. The van der Waals surface area contributed by atoms with E-state index in [0.29, 0.717) is 0 Å². The molecule has 0 spiro atoms. The van der Waals surface area contributed by atoms with Crippen LogP contribution in [-0.4, -0.2) is 32.8 Å². The lowest BCUT2D eigenvalue weighted by molar-refractivity contribution is 0.218. The van der Waals surface area contributed by atoms with E-state index < -0.39 is 0 Å². The molecule has 74 valence electrons. The van der Waals surface area contributed by atoms with Gasteiger partial charge in [-0.25, -0.2) is 0 Å². The second-order valence-corrected chi connectivity index (χ2v) is 3.24. The molecule has 0 amide bonds. The quantitative estimate of drug-likeness (QED) is 0.666. The Hall–Kier alpha value is -0.900. The Kier molecular flexibility index (Phi) is 4.46. The van der Waals surface area contributed by atoms with Gasteiger partial charge in [0.1, 0.15) is 12.7 Å². The lowest BCUT2D eigenvalue weighted by Crippen LogP contribution is -2.27. The van der Waals surface area contributed by atoms with Gasteiger partial charge in [0.15, 0.2) is 0 Å². The fourth-order valence-corrected chi connectivity index (χ4v) is 1.41. The van der Waals surface area contributed by atoms with Gasteiger partial charge >= 0.3 is 0 Å². The van der Waals surface area contributed by atoms with Gasteiger partial charge in [-0.2, -0.15) is 0 Å². The van der Waals surface area contributed by atoms with E-state index in [-0.39, 0.29) is 0 Å². The first kappa shape index (κ1) is 10.2. The summed E-state index contributed by atoms with van der Waals surface area (Å²) in [5.41, 5.74) is 0. The first-order valence-corrected chi connectivity index (χ1v) is 4.91. The Morgan fingerprint density at radius 3 is 2.08 bits per heavy atom. The van der Waals surface area contributed by atoms with Crippen LogP contribution in [0.1, 0.15) is 26.7 Å². The van der Waals surface area contributed by atoms with Gasteiger partial charge in [0.25, 0.3) is 0 Å². The Morgan fingerprint density at radius 2 is 1.62 bits per heavy atom. The molecule has 0 radical (unpaired) electrons. The largest absolute Gasteiger partial charge is 0.306 e. The molecule has 0 aromatic carbocycles. The van der Waals surface area contributed by atoms with Gasteiger partial charge < -0.3 is 4.57 Å². The molecule has 0 aliphatic heterocycles. The minimum absolute atomic E-state index is 0.911. The smallest absolute Gasteiger partial charge is 0.120 e. The van der Waals surface area contributed by atoms with Crippen molar-refractivity contribution in [2.45, 2.75) is 33.4 Å². The third-order valence-electron chi connectivity index (χ3n) is 1.91. The molecular weight excluding hydrogens is 164 g/mol. The van der Waals surface area contributed by atoms with Crippen LogP contribution in [0.5, 0.6) is 0 Å². The van der Waals surface area contributed by atoms with Crippen molar-refractivity contribution in [2.75, 3.05) is 13.1 Å². The van der Waals surface area contributed by atoms with E-state index in [2.05, 4.69) is 28.9 Å². The van der Waals surface area contributed by atoms with Crippen molar-refractivity contribution in [2.24, 2.45) is 0 Å². The first-order chi connectivity index (χ1) is 6.36. The summed E-state index contributed by atoms with van der Waals surface area (Å²) in [6, 6.07) is 0. The zero-order valence-corrected chi connectivity index (χ0v) is 8.48. The summed E-state index contributed by atoms with van der Waals surface area (Å²) in [6.45, 7) is 7.61. The van der Waals surface area contributed by atoms with Gasteiger partial charge in [-0.15, -0.1) is 10.2 Å². The van der Waals surface area contributed by atoms with Crippen LogP contribution in [0.15, 0.2) is 12.7 Å². The number of rotatable bonds is 6. The zero-order valence-electron chi connectivity index (χ0n) is 8.48. The summed E-state index contributed by atoms with van der Waals surface area (Å²) in [5, 5.41) is 7.56. The maximum absolute atomic E-state index is 3.78. The molecule has 0 aliphatic carbocycles. The number of aromatic nitrogens is 3. The molecule has 0 atom stereocenters. The fraction of sp³-hybridized carbons (Fsp3) is 0.778. The van der Waals surface area contributed by atoms with Gasteiger partial charge in [0.05, 0.1) is 6.67 Å². The lowest BCUT2D eigenvalue weighted by Gasteiger charge is -2.20. The van der Waals surface area contributed by atoms with Crippen molar-refractivity contribution in [1.82, 2.24) is 19.7 Å². The van der Waals surface area contributed by atoms with Crippen molar-refractivity contribution in [3.8, 4) is 0 Å². The molecule has 0 fully saturated rings. The van der Waals surface area contributed by atoms with Crippen molar-refractivity contribution in [3.05, 3.63) is 12.7 Å². The summed E-state index contributed by atoms with van der Waals surface area (Å²) >= 11 is 0. The summed E-state index contributed by atoms with van der Waals surface area (Å²) in [7, 11) is 0. The number of hydrogen-bond acceptors (Lipinski definition) is 3. The van der Waals surface area contributed by atoms with Crippen LogP contribution in [0, 0.1) is 0 Å². The van der Waals surface area contributed by atoms with E-state index in [4.69, 9.17) is 0 Å². The Bertz CT molecular complexity index is 201. The van der Waals surface area contributed by atoms with E-state index in [1.165, 1.54) is 12.8 Å². The fourth-order valence-electron chi connectivity index (χ4n) is 1.41. The van der Waals surface area contributed by atoms with Gasteiger partial charge in [0.2, 0.25) is 0 Å². The molecular formula is C9H18N4. The SMILES string of the molecule is CCCN(CCC)Cn1cnnc1. The summed E-state index contributed by atoms with van der Waals surface area (Å²) < 4.78 is 2.01. The second kappa shape index (κ2) is 5.70. The molecule has 0 saturated carbocycles. The Labute approximate surface area is 79.6 Å². The van der Waals surface area contributed by atoms with Gasteiger partial charge in [-0.1, -0.05) is 13.8 Å². The minimum atomic E-state index is 0.911. The summed E-state index contributed by atoms with van der Waals surface area (Å²) in [6.07, 6.45) is 5.92. The molecule has 1 aromatic rings. The van der Waals surface area contributed by atoms with Gasteiger partial charge in [-0.3, -0.25) is 4.90 Å². The van der Waals surface area contributed by atoms with Crippen LogP contribution in [0.4, 0.5) is 0 Å². The van der Waals surface area contributed by atoms with Crippen LogP contribution in [-0.2, 0) is 6.67 Å². The van der Waals surface area contributed by atoms with E-state index in [1.807, 2.05) is 4.57 Å². The van der Waals surface area contributed by atoms with Crippen molar-refractivity contribution in [1.29, 1.82) is 0 Å². The molecule has 1 rings (SSSR count). The molecule has 1 aromatic heterocycles. The number of nitrogens with zero attached hydrogens (tertiary/aromatic N) is 4. The third-order valence-corrected chi connectivity index (χ3v) is 1.91. The van der Waals surface area contributed by atoms with Gasteiger partial charge in [0, 0.05) is 0 Å². The minimum Gasteiger partial charge on any atom is -0.306 e.